The summed E-state index contributed by atoms with van der Waals surface area (Å²) in [6.45, 7) is 11.4. The van der Waals surface area contributed by atoms with E-state index in [2.05, 4.69) is 60.7 Å². The third-order valence-corrected chi connectivity index (χ3v) is 2.71. The van der Waals surface area contributed by atoms with E-state index < -0.39 is 0 Å². The molecule has 1 unspecified atom stereocenters. The van der Waals surface area contributed by atoms with Crippen LogP contribution in [0.3, 0.4) is 0 Å². The molecule has 1 aromatic rings. The van der Waals surface area contributed by atoms with E-state index in [0.717, 1.165) is 18.7 Å². The predicted octanol–water partition coefficient (Wildman–Crippen LogP) is 2.91. The summed E-state index contributed by atoms with van der Waals surface area (Å²) in [6, 6.07) is 2.39. The Balaban J connectivity index is 2.85. The summed E-state index contributed by atoms with van der Waals surface area (Å²) >= 11 is 0. The Morgan fingerprint density at radius 2 is 2.11 bits per heavy atom. The molecule has 0 bridgehead atoms. The summed E-state index contributed by atoms with van der Waals surface area (Å²) < 4.78 is 2.05. The zero-order valence-electron chi connectivity index (χ0n) is 12.5. The summed E-state index contributed by atoms with van der Waals surface area (Å²) in [5, 5.41) is 7.81. The van der Waals surface area contributed by atoms with Crippen molar-refractivity contribution in [3.63, 3.8) is 0 Å². The summed E-state index contributed by atoms with van der Waals surface area (Å²) in [5.41, 5.74) is 2.36. The van der Waals surface area contributed by atoms with Crippen molar-refractivity contribution >= 4 is 0 Å². The lowest BCUT2D eigenvalue weighted by atomic mass is 9.97. The molecule has 3 heteroatoms. The zero-order chi connectivity index (χ0) is 13.8. The molecule has 1 N–H and O–H groups in total. The molecule has 0 fully saturated rings. The first-order chi connectivity index (χ1) is 8.37. The minimum atomic E-state index is 0.0687. The molecule has 0 aliphatic carbocycles. The van der Waals surface area contributed by atoms with Gasteiger partial charge in [-0.05, 0) is 47.7 Å². The van der Waals surface area contributed by atoms with Gasteiger partial charge in [0.2, 0.25) is 0 Å². The first-order valence-electron chi connectivity index (χ1n) is 6.59. The number of nitrogens with one attached hydrogen (secondary N) is 1. The van der Waals surface area contributed by atoms with Crippen LogP contribution < -0.4 is 5.32 Å². The molecule has 100 valence electrons. The van der Waals surface area contributed by atoms with Crippen molar-refractivity contribution in [3.05, 3.63) is 17.5 Å². The number of rotatable bonds is 4. The van der Waals surface area contributed by atoms with Gasteiger partial charge in [-0.25, -0.2) is 0 Å². The molecular weight excluding hydrogens is 222 g/mol. The van der Waals surface area contributed by atoms with E-state index in [1.165, 1.54) is 5.69 Å². The van der Waals surface area contributed by atoms with Crippen molar-refractivity contribution in [2.24, 2.45) is 5.41 Å². The van der Waals surface area contributed by atoms with Gasteiger partial charge in [-0.15, -0.1) is 5.92 Å². The van der Waals surface area contributed by atoms with Gasteiger partial charge in [0.25, 0.3) is 0 Å². The molecule has 1 aromatic heterocycles. The molecule has 1 heterocycles. The molecule has 1 rings (SSSR count). The van der Waals surface area contributed by atoms with Crippen LogP contribution in [0.4, 0.5) is 0 Å². The summed E-state index contributed by atoms with van der Waals surface area (Å²) in [5.74, 6) is 6.56. The Morgan fingerprint density at radius 1 is 1.44 bits per heavy atom. The Bertz CT molecular complexity index is 441. The monoisotopic (exact) mass is 247 g/mol. The van der Waals surface area contributed by atoms with Crippen LogP contribution in [0.15, 0.2) is 6.07 Å². The van der Waals surface area contributed by atoms with Gasteiger partial charge in [0.05, 0.1) is 17.4 Å². The lowest BCUT2D eigenvalue weighted by molar-refractivity contribution is 0.520. The number of aromatic nitrogens is 2. The van der Waals surface area contributed by atoms with Gasteiger partial charge in [0.1, 0.15) is 0 Å². The average Bonchev–Trinajstić information content (AvgIpc) is 2.64. The maximum Gasteiger partial charge on any atom is 0.0600 e. The van der Waals surface area contributed by atoms with Crippen LogP contribution in [-0.4, -0.2) is 16.8 Å². The molecule has 0 aliphatic heterocycles. The van der Waals surface area contributed by atoms with Crippen molar-refractivity contribution in [1.82, 2.24) is 15.1 Å². The van der Waals surface area contributed by atoms with Crippen LogP contribution in [0.5, 0.6) is 0 Å². The fourth-order valence-electron chi connectivity index (χ4n) is 1.87. The molecule has 0 saturated heterocycles. The van der Waals surface area contributed by atoms with E-state index in [1.54, 1.807) is 0 Å². The molecule has 0 saturated carbocycles. The standard InChI is InChI=1S/C15H25N3/c1-7-18-14(11-12(2)17-18)13(16-6)9-8-10-15(3,4)5/h11,13,16H,7,9H2,1-6H3. The van der Waals surface area contributed by atoms with Crippen molar-refractivity contribution in [2.45, 2.75) is 53.6 Å². The summed E-state index contributed by atoms with van der Waals surface area (Å²) in [4.78, 5) is 0. The molecule has 0 aliphatic rings. The minimum absolute atomic E-state index is 0.0687. The second kappa shape index (κ2) is 6.06. The van der Waals surface area contributed by atoms with Crippen LogP contribution in [0.25, 0.3) is 0 Å². The molecule has 0 spiro atoms. The van der Waals surface area contributed by atoms with Crippen molar-refractivity contribution < 1.29 is 0 Å². The molecule has 0 radical (unpaired) electrons. The first kappa shape index (κ1) is 14.8. The van der Waals surface area contributed by atoms with E-state index in [-0.39, 0.29) is 11.5 Å². The lowest BCUT2D eigenvalue weighted by Gasteiger charge is -2.15. The van der Waals surface area contributed by atoms with Gasteiger partial charge in [-0.1, -0.05) is 5.92 Å². The van der Waals surface area contributed by atoms with Gasteiger partial charge in [0, 0.05) is 18.4 Å². The van der Waals surface area contributed by atoms with E-state index in [0.29, 0.717) is 0 Å². The highest BCUT2D eigenvalue weighted by Crippen LogP contribution is 2.18. The van der Waals surface area contributed by atoms with E-state index in [9.17, 15) is 0 Å². The Kier molecular flexibility index (Phi) is 4.98. The quantitative estimate of drug-likeness (QED) is 0.829. The zero-order valence-corrected chi connectivity index (χ0v) is 12.5. The molecule has 0 aromatic carbocycles. The largest absolute Gasteiger partial charge is 0.311 e. The third-order valence-electron chi connectivity index (χ3n) is 2.71. The highest BCUT2D eigenvalue weighted by atomic mass is 15.3. The Labute approximate surface area is 111 Å². The first-order valence-corrected chi connectivity index (χ1v) is 6.59. The summed E-state index contributed by atoms with van der Waals surface area (Å²) in [7, 11) is 1.98. The molecule has 0 amide bonds. The Hall–Kier alpha value is -1.27. The number of aryl methyl sites for hydroxylation is 2. The maximum atomic E-state index is 4.48. The smallest absolute Gasteiger partial charge is 0.0600 e. The van der Waals surface area contributed by atoms with Gasteiger partial charge in [0.15, 0.2) is 0 Å². The number of hydrogen-bond acceptors (Lipinski definition) is 2. The molecule has 1 atom stereocenters. The number of hydrogen-bond donors (Lipinski definition) is 1. The summed E-state index contributed by atoms with van der Waals surface area (Å²) in [6.07, 6.45) is 0.818. The van der Waals surface area contributed by atoms with E-state index in [1.807, 2.05) is 14.0 Å². The highest BCUT2D eigenvalue weighted by Gasteiger charge is 2.14. The fraction of sp³-hybridized carbons (Fsp3) is 0.667. The molecule has 3 nitrogen and oxygen atoms in total. The van der Waals surface area contributed by atoms with Crippen molar-refractivity contribution in [1.29, 1.82) is 0 Å². The highest BCUT2D eigenvalue weighted by molar-refractivity contribution is 5.17. The van der Waals surface area contributed by atoms with Crippen LogP contribution in [0.1, 0.15) is 51.5 Å². The second-order valence-corrected chi connectivity index (χ2v) is 5.62. The van der Waals surface area contributed by atoms with Crippen molar-refractivity contribution in [2.75, 3.05) is 7.05 Å². The van der Waals surface area contributed by atoms with Crippen LogP contribution in [0, 0.1) is 24.2 Å². The van der Waals surface area contributed by atoms with E-state index >= 15 is 0 Å². The SMILES string of the molecule is CCn1nc(C)cc1C(CC#CC(C)(C)C)NC. The second-order valence-electron chi connectivity index (χ2n) is 5.62. The lowest BCUT2D eigenvalue weighted by Crippen LogP contribution is -2.20. The maximum absolute atomic E-state index is 4.48. The predicted molar refractivity (Wildman–Crippen MR) is 76.3 cm³/mol. The van der Waals surface area contributed by atoms with Crippen LogP contribution in [0.2, 0.25) is 0 Å². The third kappa shape index (κ3) is 4.19. The van der Waals surface area contributed by atoms with Gasteiger partial charge < -0.3 is 5.32 Å². The van der Waals surface area contributed by atoms with Gasteiger partial charge in [-0.3, -0.25) is 4.68 Å². The topological polar surface area (TPSA) is 29.9 Å². The molecular formula is C15H25N3. The fourth-order valence-corrected chi connectivity index (χ4v) is 1.87. The normalized spacial score (nSPS) is 13.0. The van der Waals surface area contributed by atoms with Gasteiger partial charge >= 0.3 is 0 Å². The average molecular weight is 247 g/mol. The number of nitrogens with zero attached hydrogens (tertiary/aromatic N) is 2. The minimum Gasteiger partial charge on any atom is -0.311 e. The Morgan fingerprint density at radius 3 is 2.61 bits per heavy atom. The van der Waals surface area contributed by atoms with Crippen molar-refractivity contribution in [3.8, 4) is 11.8 Å². The van der Waals surface area contributed by atoms with Crippen LogP contribution in [-0.2, 0) is 6.54 Å². The van der Waals surface area contributed by atoms with Crippen LogP contribution >= 0.6 is 0 Å². The van der Waals surface area contributed by atoms with E-state index in [4.69, 9.17) is 0 Å². The molecule has 18 heavy (non-hydrogen) atoms. The van der Waals surface area contributed by atoms with Gasteiger partial charge in [-0.2, -0.15) is 5.10 Å².